The molecule has 0 heterocycles. The van der Waals surface area contributed by atoms with Gasteiger partial charge in [-0.2, -0.15) is 0 Å². The van der Waals surface area contributed by atoms with E-state index in [2.05, 4.69) is 24.3 Å². The fourth-order valence-electron chi connectivity index (χ4n) is 11.2. The van der Waals surface area contributed by atoms with Crippen LogP contribution in [-0.2, 0) is 19.1 Å². The van der Waals surface area contributed by atoms with Gasteiger partial charge in [-0.15, -0.1) is 0 Å². The van der Waals surface area contributed by atoms with Gasteiger partial charge in [0.1, 0.15) is 12.2 Å². The van der Waals surface area contributed by atoms with Crippen LogP contribution in [0.5, 0.6) is 0 Å². The first-order chi connectivity index (χ1) is 17.7. The summed E-state index contributed by atoms with van der Waals surface area (Å²) in [4.78, 5) is 24.4. The number of aliphatic hydroxyl groups excluding tert-OH is 1. The minimum absolute atomic E-state index is 0.0539. The molecule has 0 aromatic rings. The maximum Gasteiger partial charge on any atom is 0.309 e. The summed E-state index contributed by atoms with van der Waals surface area (Å²) < 4.78 is 10.8. The molecule has 0 amide bonds. The van der Waals surface area contributed by atoms with E-state index in [0.29, 0.717) is 11.8 Å². The Balaban J connectivity index is 0.000000125. The van der Waals surface area contributed by atoms with Gasteiger partial charge in [0.05, 0.1) is 18.4 Å². The summed E-state index contributed by atoms with van der Waals surface area (Å²) >= 11 is 0. The molecule has 6 saturated carbocycles. The maximum atomic E-state index is 12.4. The average molecular weight is 509 g/mol. The van der Waals surface area contributed by atoms with E-state index in [0.717, 1.165) is 72.0 Å². The molecule has 0 saturated heterocycles. The van der Waals surface area contributed by atoms with Crippen molar-refractivity contribution in [3.05, 3.63) is 24.3 Å². The molecule has 8 rings (SSSR count). The van der Waals surface area contributed by atoms with Crippen LogP contribution in [0.15, 0.2) is 24.3 Å². The van der Waals surface area contributed by atoms with Gasteiger partial charge in [0, 0.05) is 0 Å². The summed E-state index contributed by atoms with van der Waals surface area (Å²) in [5.41, 5.74) is -0.340. The number of carbonyl (C=O) groups excluding carboxylic acids is 2. The van der Waals surface area contributed by atoms with Gasteiger partial charge >= 0.3 is 11.9 Å². The molecule has 0 aliphatic heterocycles. The predicted octanol–water partition coefficient (Wildman–Crippen LogP) is 5.04. The molecule has 14 unspecified atom stereocenters. The van der Waals surface area contributed by atoms with Crippen molar-refractivity contribution in [1.29, 1.82) is 0 Å². The molecule has 8 aliphatic rings. The Morgan fingerprint density at radius 3 is 1.62 bits per heavy atom. The van der Waals surface area contributed by atoms with Crippen molar-refractivity contribution >= 4 is 11.9 Å². The van der Waals surface area contributed by atoms with Gasteiger partial charge in [-0.05, 0) is 130 Å². The normalized spacial score (nSPS) is 50.3. The van der Waals surface area contributed by atoms with E-state index in [9.17, 15) is 9.59 Å². The lowest BCUT2D eigenvalue weighted by Gasteiger charge is -2.36. The molecule has 0 radical (unpaired) electrons. The standard InChI is InChI=1S/C17H24O2.C15H20O3/c1-17(2,3)19-16(18)13-8-11-7-12(13)15-10-5-4-9(6-10)14(11)15;16-3-4-18-15(17)12-7-10-6-11(12)14-9-2-1-8(5-9)13(10)14/h4-5,9-15H,6-8H2,1-3H3;1-2,8-14,16H,3-7H2. The summed E-state index contributed by atoms with van der Waals surface area (Å²) in [7, 11) is 0. The Morgan fingerprint density at radius 2 is 1.16 bits per heavy atom. The number of allylic oxidation sites excluding steroid dienone is 4. The number of hydrogen-bond acceptors (Lipinski definition) is 5. The highest BCUT2D eigenvalue weighted by Crippen LogP contribution is 2.68. The highest BCUT2D eigenvalue weighted by molar-refractivity contribution is 5.74. The van der Waals surface area contributed by atoms with Crippen molar-refractivity contribution in [2.75, 3.05) is 13.2 Å². The van der Waals surface area contributed by atoms with E-state index in [1.807, 2.05) is 20.8 Å². The second kappa shape index (κ2) is 8.69. The van der Waals surface area contributed by atoms with Crippen LogP contribution in [0.3, 0.4) is 0 Å². The van der Waals surface area contributed by atoms with Crippen molar-refractivity contribution in [3.8, 4) is 0 Å². The fourth-order valence-corrected chi connectivity index (χ4v) is 11.2. The lowest BCUT2D eigenvalue weighted by molar-refractivity contribution is -0.163. The summed E-state index contributed by atoms with van der Waals surface area (Å²) in [5.74, 6) is 9.55. The molecule has 5 heteroatoms. The zero-order chi connectivity index (χ0) is 25.6. The van der Waals surface area contributed by atoms with Gasteiger partial charge < -0.3 is 14.6 Å². The van der Waals surface area contributed by atoms with Crippen molar-refractivity contribution in [2.24, 2.45) is 82.9 Å². The highest BCUT2D eigenvalue weighted by Gasteiger charge is 2.63. The van der Waals surface area contributed by atoms with Crippen LogP contribution in [0.2, 0.25) is 0 Å². The van der Waals surface area contributed by atoms with Crippen molar-refractivity contribution < 1.29 is 24.2 Å². The number of hydrogen-bond donors (Lipinski definition) is 1. The first-order valence-electron chi connectivity index (χ1n) is 15.1. The molecule has 1 N–H and O–H groups in total. The minimum atomic E-state index is -0.340. The van der Waals surface area contributed by atoms with E-state index >= 15 is 0 Å². The van der Waals surface area contributed by atoms with Crippen LogP contribution in [0, 0.1) is 82.9 Å². The van der Waals surface area contributed by atoms with Crippen LogP contribution < -0.4 is 0 Å². The second-order valence-corrected chi connectivity index (χ2v) is 14.6. The molecule has 8 aliphatic carbocycles. The van der Waals surface area contributed by atoms with Gasteiger partial charge in [0.2, 0.25) is 0 Å². The van der Waals surface area contributed by atoms with Gasteiger partial charge in [-0.1, -0.05) is 24.3 Å². The Bertz CT molecular complexity index is 1010. The topological polar surface area (TPSA) is 72.8 Å². The number of ether oxygens (including phenoxy) is 2. The van der Waals surface area contributed by atoms with Crippen molar-refractivity contribution in [3.63, 3.8) is 0 Å². The third kappa shape index (κ3) is 3.80. The number of fused-ring (bicyclic) bond motifs is 18. The molecule has 14 atom stereocenters. The Hall–Kier alpha value is -1.62. The minimum Gasteiger partial charge on any atom is -0.463 e. The summed E-state index contributed by atoms with van der Waals surface area (Å²) in [6.45, 7) is 6.02. The Kier molecular flexibility index (Phi) is 5.74. The fraction of sp³-hybridized carbons (Fsp3) is 0.812. The summed E-state index contributed by atoms with van der Waals surface area (Å²) in [5, 5.41) is 8.74. The van der Waals surface area contributed by atoms with Crippen molar-refractivity contribution in [2.45, 2.75) is 64.9 Å². The van der Waals surface area contributed by atoms with Gasteiger partial charge in [-0.25, -0.2) is 0 Å². The van der Waals surface area contributed by atoms with Gasteiger partial charge in [0.25, 0.3) is 0 Å². The maximum absolute atomic E-state index is 12.4. The molecule has 5 nitrogen and oxygen atoms in total. The molecule has 0 spiro atoms. The first-order valence-corrected chi connectivity index (χ1v) is 15.1. The van der Waals surface area contributed by atoms with Crippen LogP contribution in [-0.4, -0.2) is 35.9 Å². The van der Waals surface area contributed by atoms with E-state index < -0.39 is 0 Å². The quantitative estimate of drug-likeness (QED) is 0.327. The molecule has 37 heavy (non-hydrogen) atoms. The Morgan fingerprint density at radius 1 is 0.703 bits per heavy atom. The van der Waals surface area contributed by atoms with E-state index in [4.69, 9.17) is 14.6 Å². The SMILES string of the molecule is CC(C)(C)OC(=O)C1CC2CC1C1C3C=CC(C3)C21.O=C(OCCO)C1CC2CC1C1C3C=CC(C3)C21. The first kappa shape index (κ1) is 24.4. The molecular weight excluding hydrogens is 464 g/mol. The highest BCUT2D eigenvalue weighted by atomic mass is 16.6. The van der Waals surface area contributed by atoms with Gasteiger partial charge in [0.15, 0.2) is 0 Å². The molecule has 0 aromatic heterocycles. The van der Waals surface area contributed by atoms with Crippen LogP contribution >= 0.6 is 0 Å². The summed E-state index contributed by atoms with van der Waals surface area (Å²) in [6, 6.07) is 0. The number of aliphatic hydroxyl groups is 1. The number of esters is 2. The third-order valence-corrected chi connectivity index (χ3v) is 11.9. The zero-order valence-corrected chi connectivity index (χ0v) is 22.6. The van der Waals surface area contributed by atoms with Crippen LogP contribution in [0.4, 0.5) is 0 Å². The number of rotatable bonds is 4. The van der Waals surface area contributed by atoms with E-state index in [-0.39, 0.29) is 42.6 Å². The molecule has 8 bridgehead atoms. The third-order valence-electron chi connectivity index (χ3n) is 11.9. The van der Waals surface area contributed by atoms with Crippen molar-refractivity contribution in [1.82, 2.24) is 0 Å². The van der Waals surface area contributed by atoms with E-state index in [1.165, 1.54) is 25.7 Å². The predicted molar refractivity (Wildman–Crippen MR) is 139 cm³/mol. The molecule has 6 fully saturated rings. The largest absolute Gasteiger partial charge is 0.463 e. The molecule has 0 aromatic carbocycles. The second-order valence-electron chi connectivity index (χ2n) is 14.6. The van der Waals surface area contributed by atoms with E-state index in [1.54, 1.807) is 0 Å². The lowest BCUT2D eigenvalue weighted by Crippen LogP contribution is -2.37. The summed E-state index contributed by atoms with van der Waals surface area (Å²) in [6.07, 6.45) is 17.0. The monoisotopic (exact) mass is 508 g/mol. The van der Waals surface area contributed by atoms with Gasteiger partial charge in [-0.3, -0.25) is 9.59 Å². The smallest absolute Gasteiger partial charge is 0.309 e. The Labute approximate surface area is 221 Å². The lowest BCUT2D eigenvalue weighted by atomic mass is 9.69. The van der Waals surface area contributed by atoms with Crippen LogP contribution in [0.25, 0.3) is 0 Å². The van der Waals surface area contributed by atoms with Crippen LogP contribution in [0.1, 0.15) is 59.3 Å². The molecular formula is C32H44O5. The zero-order valence-electron chi connectivity index (χ0n) is 22.6. The molecule has 202 valence electrons. The average Bonchev–Trinajstić information content (AvgIpc) is 3.70. The number of carbonyl (C=O) groups is 2.